The molecule has 0 aliphatic rings. The minimum absolute atomic E-state index is 0.597. The van der Waals surface area contributed by atoms with Gasteiger partial charge in [0.2, 0.25) is 0 Å². The fourth-order valence-electron chi connectivity index (χ4n) is 0.858. The van der Waals surface area contributed by atoms with Crippen LogP contribution >= 0.6 is 0 Å². The van der Waals surface area contributed by atoms with Crippen LogP contribution in [-0.2, 0) is 4.79 Å². The molecule has 0 heterocycles. The van der Waals surface area contributed by atoms with Crippen molar-refractivity contribution in [2.75, 3.05) is 14.1 Å². The molecule has 0 aliphatic heterocycles. The Hall–Kier alpha value is -1.11. The minimum Gasteiger partial charge on any atom is -0.344 e. The number of hydrogen-bond donors (Lipinski definition) is 0. The first-order valence-electron chi connectivity index (χ1n) is 3.87. The van der Waals surface area contributed by atoms with Gasteiger partial charge >= 0.3 is 5.92 Å². The molecule has 0 bridgehead atoms. The lowest BCUT2D eigenvalue weighted by molar-refractivity contribution is -0.156. The SMILES string of the molecule is C#CC(C)CC(F)(F)C(=O)N(C)C. The molecular formula is C9H13F2NO. The average Bonchev–Trinajstić information content (AvgIpc) is 2.01. The third-order valence-corrected chi connectivity index (χ3v) is 1.57. The number of alkyl halides is 2. The van der Waals surface area contributed by atoms with E-state index in [4.69, 9.17) is 6.42 Å². The molecule has 2 nitrogen and oxygen atoms in total. The van der Waals surface area contributed by atoms with E-state index in [-0.39, 0.29) is 0 Å². The van der Waals surface area contributed by atoms with E-state index in [1.54, 1.807) is 0 Å². The van der Waals surface area contributed by atoms with Crippen LogP contribution in [0.15, 0.2) is 0 Å². The molecule has 0 N–H and O–H groups in total. The summed E-state index contributed by atoms with van der Waals surface area (Å²) in [5, 5.41) is 0. The highest BCUT2D eigenvalue weighted by Crippen LogP contribution is 2.24. The van der Waals surface area contributed by atoms with E-state index < -0.39 is 24.2 Å². The number of rotatable bonds is 3. The molecule has 0 aromatic carbocycles. The van der Waals surface area contributed by atoms with Crippen molar-refractivity contribution < 1.29 is 13.6 Å². The molecule has 0 saturated carbocycles. The van der Waals surface area contributed by atoms with Crippen molar-refractivity contribution in [1.29, 1.82) is 0 Å². The maximum absolute atomic E-state index is 13.0. The van der Waals surface area contributed by atoms with E-state index in [2.05, 4.69) is 5.92 Å². The molecule has 1 amide bonds. The Morgan fingerprint density at radius 3 is 2.38 bits per heavy atom. The van der Waals surface area contributed by atoms with Crippen molar-refractivity contribution in [2.45, 2.75) is 19.3 Å². The molecule has 0 fully saturated rings. The molecule has 0 saturated heterocycles. The van der Waals surface area contributed by atoms with E-state index in [9.17, 15) is 13.6 Å². The fraction of sp³-hybridized carbons (Fsp3) is 0.667. The second-order valence-electron chi connectivity index (χ2n) is 3.18. The van der Waals surface area contributed by atoms with E-state index in [0.29, 0.717) is 0 Å². The third kappa shape index (κ3) is 3.41. The number of carbonyl (C=O) groups is 1. The zero-order chi connectivity index (χ0) is 10.6. The Kier molecular flexibility index (Phi) is 3.86. The van der Waals surface area contributed by atoms with Gasteiger partial charge in [-0.3, -0.25) is 4.79 Å². The summed E-state index contributed by atoms with van der Waals surface area (Å²) in [4.78, 5) is 11.8. The predicted octanol–water partition coefficient (Wildman–Crippen LogP) is 1.37. The molecule has 0 aromatic heterocycles. The number of nitrogens with zero attached hydrogens (tertiary/aromatic N) is 1. The summed E-state index contributed by atoms with van der Waals surface area (Å²) < 4.78 is 26.0. The summed E-state index contributed by atoms with van der Waals surface area (Å²) in [5.41, 5.74) is 0. The van der Waals surface area contributed by atoms with Crippen LogP contribution in [0.4, 0.5) is 8.78 Å². The summed E-state index contributed by atoms with van der Waals surface area (Å²) in [5.74, 6) is -2.99. The Labute approximate surface area is 76.9 Å². The fourth-order valence-corrected chi connectivity index (χ4v) is 0.858. The molecule has 0 spiro atoms. The summed E-state index contributed by atoms with van der Waals surface area (Å²) in [7, 11) is 2.58. The highest BCUT2D eigenvalue weighted by Gasteiger charge is 2.40. The summed E-state index contributed by atoms with van der Waals surface area (Å²) >= 11 is 0. The highest BCUT2D eigenvalue weighted by atomic mass is 19.3. The maximum Gasteiger partial charge on any atom is 0.325 e. The van der Waals surface area contributed by atoms with E-state index >= 15 is 0 Å². The van der Waals surface area contributed by atoms with Gasteiger partial charge in [-0.25, -0.2) is 0 Å². The average molecular weight is 189 g/mol. The lowest BCUT2D eigenvalue weighted by Crippen LogP contribution is -2.40. The molecule has 0 aliphatic carbocycles. The van der Waals surface area contributed by atoms with Crippen molar-refractivity contribution in [3.63, 3.8) is 0 Å². The summed E-state index contributed by atoms with van der Waals surface area (Å²) in [6.07, 6.45) is 4.35. The number of amides is 1. The van der Waals surface area contributed by atoms with Crippen LogP contribution in [0.5, 0.6) is 0 Å². The lowest BCUT2D eigenvalue weighted by atomic mass is 10.0. The highest BCUT2D eigenvalue weighted by molar-refractivity contribution is 5.82. The first-order chi connectivity index (χ1) is 5.81. The lowest BCUT2D eigenvalue weighted by Gasteiger charge is -2.20. The van der Waals surface area contributed by atoms with Crippen molar-refractivity contribution in [3.05, 3.63) is 0 Å². The first kappa shape index (κ1) is 11.9. The zero-order valence-corrected chi connectivity index (χ0v) is 7.97. The molecule has 0 aromatic rings. The van der Waals surface area contributed by atoms with Crippen molar-refractivity contribution in [3.8, 4) is 12.3 Å². The van der Waals surface area contributed by atoms with E-state index in [1.165, 1.54) is 21.0 Å². The van der Waals surface area contributed by atoms with Crippen molar-refractivity contribution in [2.24, 2.45) is 5.92 Å². The Morgan fingerprint density at radius 1 is 1.62 bits per heavy atom. The van der Waals surface area contributed by atoms with Crippen LogP contribution in [0.25, 0.3) is 0 Å². The normalized spacial score (nSPS) is 13.2. The van der Waals surface area contributed by atoms with Gasteiger partial charge in [0.15, 0.2) is 0 Å². The van der Waals surface area contributed by atoms with Crippen LogP contribution < -0.4 is 0 Å². The molecule has 0 radical (unpaired) electrons. The van der Waals surface area contributed by atoms with Crippen molar-refractivity contribution in [1.82, 2.24) is 4.90 Å². The van der Waals surface area contributed by atoms with Gasteiger partial charge in [0, 0.05) is 26.4 Å². The first-order valence-corrected chi connectivity index (χ1v) is 3.87. The van der Waals surface area contributed by atoms with E-state index in [1.807, 2.05) is 0 Å². The Morgan fingerprint density at radius 2 is 2.08 bits per heavy atom. The number of hydrogen-bond acceptors (Lipinski definition) is 1. The van der Waals surface area contributed by atoms with Gasteiger partial charge in [-0.05, 0) is 0 Å². The molecule has 4 heteroatoms. The quantitative estimate of drug-likeness (QED) is 0.614. The second-order valence-corrected chi connectivity index (χ2v) is 3.18. The Balaban J connectivity index is 4.41. The largest absolute Gasteiger partial charge is 0.344 e. The molecule has 1 atom stereocenters. The smallest absolute Gasteiger partial charge is 0.325 e. The van der Waals surface area contributed by atoms with Gasteiger partial charge in [-0.1, -0.05) is 6.92 Å². The van der Waals surface area contributed by atoms with Crippen LogP contribution in [0.2, 0.25) is 0 Å². The molecule has 0 rings (SSSR count). The van der Waals surface area contributed by atoms with Gasteiger partial charge in [-0.2, -0.15) is 8.78 Å². The molecule has 1 unspecified atom stereocenters. The van der Waals surface area contributed by atoms with Crippen LogP contribution in [0.1, 0.15) is 13.3 Å². The van der Waals surface area contributed by atoms with Gasteiger partial charge in [-0.15, -0.1) is 12.3 Å². The van der Waals surface area contributed by atoms with Gasteiger partial charge < -0.3 is 4.90 Å². The van der Waals surface area contributed by atoms with Crippen molar-refractivity contribution >= 4 is 5.91 Å². The molecular weight excluding hydrogens is 176 g/mol. The third-order valence-electron chi connectivity index (χ3n) is 1.57. The monoisotopic (exact) mass is 189 g/mol. The van der Waals surface area contributed by atoms with Crippen LogP contribution in [-0.4, -0.2) is 30.8 Å². The number of terminal acetylenes is 1. The number of carbonyl (C=O) groups excluding carboxylic acids is 1. The Bertz CT molecular complexity index is 230. The number of halogens is 2. The minimum atomic E-state index is -3.35. The van der Waals surface area contributed by atoms with Crippen LogP contribution in [0, 0.1) is 18.3 Å². The van der Waals surface area contributed by atoms with E-state index in [0.717, 1.165) is 4.90 Å². The van der Waals surface area contributed by atoms with Gasteiger partial charge in [0.05, 0.1) is 0 Å². The maximum atomic E-state index is 13.0. The van der Waals surface area contributed by atoms with Crippen LogP contribution in [0.3, 0.4) is 0 Å². The molecule has 74 valence electrons. The van der Waals surface area contributed by atoms with Gasteiger partial charge in [0.25, 0.3) is 5.91 Å². The standard InChI is InChI=1S/C9H13F2NO/c1-5-7(2)6-9(10,11)8(13)12(3)4/h1,7H,6H2,2-4H3. The van der Waals surface area contributed by atoms with Gasteiger partial charge in [0.1, 0.15) is 0 Å². The summed E-state index contributed by atoms with van der Waals surface area (Å²) in [6.45, 7) is 1.48. The second kappa shape index (κ2) is 4.22. The predicted molar refractivity (Wildman–Crippen MR) is 46.3 cm³/mol. The summed E-state index contributed by atoms with van der Waals surface area (Å²) in [6, 6.07) is 0. The zero-order valence-electron chi connectivity index (χ0n) is 7.97. The molecule has 13 heavy (non-hydrogen) atoms. The topological polar surface area (TPSA) is 20.3 Å².